The molecule has 110 valence electrons. The number of methoxy groups -OCH3 is 1. The van der Waals surface area contributed by atoms with Crippen molar-refractivity contribution in [3.63, 3.8) is 0 Å². The van der Waals surface area contributed by atoms with E-state index < -0.39 is 10.0 Å². The molecule has 2 rings (SSSR count). The second-order valence-electron chi connectivity index (χ2n) is 4.34. The lowest BCUT2D eigenvalue weighted by Gasteiger charge is -2.23. The smallest absolute Gasteiger partial charge is 0.264 e. The molecule has 0 amide bonds. The summed E-state index contributed by atoms with van der Waals surface area (Å²) in [7, 11) is -2.10. The van der Waals surface area contributed by atoms with Gasteiger partial charge < -0.3 is 4.74 Å². The quantitative estimate of drug-likeness (QED) is 0.770. The van der Waals surface area contributed by atoms with Crippen molar-refractivity contribution in [2.45, 2.75) is 4.90 Å². The molecule has 0 fully saturated rings. The molecule has 21 heavy (non-hydrogen) atoms. The molecular weight excluding hydrogens is 286 g/mol. The minimum atomic E-state index is -3.63. The molecule has 0 saturated heterocycles. The summed E-state index contributed by atoms with van der Waals surface area (Å²) in [5.41, 5.74) is 0.605. The number of hydrogen-bond donors (Lipinski definition) is 0. The highest BCUT2D eigenvalue weighted by Crippen LogP contribution is 2.24. The van der Waals surface area contributed by atoms with Gasteiger partial charge in [-0.25, -0.2) is 8.42 Å². The van der Waals surface area contributed by atoms with Gasteiger partial charge in [0.05, 0.1) is 24.2 Å². The van der Waals surface area contributed by atoms with Gasteiger partial charge in [0.2, 0.25) is 0 Å². The zero-order valence-corrected chi connectivity index (χ0v) is 12.6. The minimum Gasteiger partial charge on any atom is -0.497 e. The maximum Gasteiger partial charge on any atom is 0.264 e. The average molecular weight is 303 g/mol. The maximum absolute atomic E-state index is 12.8. The third-order valence-corrected chi connectivity index (χ3v) is 4.79. The first-order valence-electron chi connectivity index (χ1n) is 6.42. The molecule has 2 aromatic carbocycles. The van der Waals surface area contributed by atoms with Crippen molar-refractivity contribution in [1.29, 1.82) is 0 Å². The Kier molecular flexibility index (Phi) is 4.65. The molecule has 0 aliphatic carbocycles. The monoisotopic (exact) mass is 303 g/mol. The molecule has 0 aliphatic heterocycles. The van der Waals surface area contributed by atoms with E-state index in [0.29, 0.717) is 11.4 Å². The lowest BCUT2D eigenvalue weighted by molar-refractivity contribution is 0.414. The van der Waals surface area contributed by atoms with E-state index in [1.807, 2.05) is 6.07 Å². The van der Waals surface area contributed by atoms with E-state index in [0.717, 1.165) is 0 Å². The van der Waals surface area contributed by atoms with E-state index in [-0.39, 0.29) is 11.4 Å². The molecule has 2 aromatic rings. The Morgan fingerprint density at radius 1 is 1.10 bits per heavy atom. The van der Waals surface area contributed by atoms with Gasteiger partial charge in [0, 0.05) is 0 Å². The Labute approximate surface area is 125 Å². The Bertz CT molecular complexity index is 694. The Hall–Kier alpha value is -2.27. The molecule has 0 N–H and O–H groups in total. The number of para-hydroxylation sites is 1. The number of rotatable bonds is 6. The van der Waals surface area contributed by atoms with Crippen molar-refractivity contribution < 1.29 is 13.2 Å². The summed E-state index contributed by atoms with van der Waals surface area (Å²) in [6.07, 6.45) is 1.56. The molecule has 4 nitrogen and oxygen atoms in total. The van der Waals surface area contributed by atoms with Crippen molar-refractivity contribution in [2.75, 3.05) is 18.0 Å². The lowest BCUT2D eigenvalue weighted by atomic mass is 10.3. The van der Waals surface area contributed by atoms with Crippen LogP contribution in [0.5, 0.6) is 5.75 Å². The molecule has 0 saturated carbocycles. The molecule has 0 aromatic heterocycles. The number of anilines is 1. The van der Waals surface area contributed by atoms with Crippen molar-refractivity contribution in [1.82, 2.24) is 0 Å². The van der Waals surface area contributed by atoms with E-state index in [1.165, 1.54) is 23.5 Å². The predicted octanol–water partition coefficient (Wildman–Crippen LogP) is 3.08. The normalized spacial score (nSPS) is 10.9. The van der Waals surface area contributed by atoms with Crippen molar-refractivity contribution >= 4 is 15.7 Å². The van der Waals surface area contributed by atoms with Gasteiger partial charge >= 0.3 is 0 Å². The highest BCUT2D eigenvalue weighted by atomic mass is 32.2. The van der Waals surface area contributed by atoms with Crippen LogP contribution < -0.4 is 9.04 Å². The van der Waals surface area contributed by atoms with Gasteiger partial charge in [-0.05, 0) is 36.4 Å². The van der Waals surface area contributed by atoms with E-state index in [9.17, 15) is 8.42 Å². The summed E-state index contributed by atoms with van der Waals surface area (Å²) in [4.78, 5) is 0.217. The Morgan fingerprint density at radius 3 is 2.24 bits per heavy atom. The lowest BCUT2D eigenvalue weighted by Crippen LogP contribution is -2.31. The van der Waals surface area contributed by atoms with Crippen LogP contribution in [0.25, 0.3) is 0 Å². The highest BCUT2D eigenvalue weighted by molar-refractivity contribution is 7.92. The zero-order valence-electron chi connectivity index (χ0n) is 11.8. The average Bonchev–Trinajstić information content (AvgIpc) is 2.53. The Balaban J connectivity index is 2.44. The Morgan fingerprint density at radius 2 is 1.71 bits per heavy atom. The standard InChI is InChI=1S/C16H17NO3S/c1-3-13-17(14-7-5-4-6-8-14)21(18,19)16-11-9-15(20-2)10-12-16/h3-12H,1,13H2,2H3. The van der Waals surface area contributed by atoms with Gasteiger partial charge in [-0.3, -0.25) is 4.31 Å². The molecule has 0 bridgehead atoms. The molecule has 0 heterocycles. The van der Waals surface area contributed by atoms with Gasteiger partial charge in [-0.15, -0.1) is 6.58 Å². The van der Waals surface area contributed by atoms with E-state index in [4.69, 9.17) is 4.74 Å². The summed E-state index contributed by atoms with van der Waals surface area (Å²) in [6, 6.07) is 15.3. The first kappa shape index (κ1) is 15.1. The summed E-state index contributed by atoms with van der Waals surface area (Å²) < 4.78 is 31.9. The molecular formula is C16H17NO3S. The fourth-order valence-corrected chi connectivity index (χ4v) is 3.36. The molecule has 0 aliphatic rings. The number of sulfonamides is 1. The second kappa shape index (κ2) is 6.45. The van der Waals surface area contributed by atoms with E-state index in [2.05, 4.69) is 6.58 Å². The van der Waals surface area contributed by atoms with Crippen LogP contribution in [0.1, 0.15) is 0 Å². The first-order valence-corrected chi connectivity index (χ1v) is 7.86. The topological polar surface area (TPSA) is 46.6 Å². The third-order valence-electron chi connectivity index (χ3n) is 2.99. The molecule has 5 heteroatoms. The second-order valence-corrected chi connectivity index (χ2v) is 6.20. The fraction of sp³-hybridized carbons (Fsp3) is 0.125. The van der Waals surface area contributed by atoms with Crippen LogP contribution >= 0.6 is 0 Å². The number of nitrogens with zero attached hydrogens (tertiary/aromatic N) is 1. The summed E-state index contributed by atoms with van der Waals surface area (Å²) in [5, 5.41) is 0. The zero-order chi connectivity index (χ0) is 15.3. The van der Waals surface area contributed by atoms with Crippen molar-refractivity contribution in [3.8, 4) is 5.75 Å². The summed E-state index contributed by atoms with van der Waals surface area (Å²) in [5.74, 6) is 0.615. The SMILES string of the molecule is C=CCN(c1ccccc1)S(=O)(=O)c1ccc(OC)cc1. The highest BCUT2D eigenvalue weighted by Gasteiger charge is 2.23. The van der Waals surface area contributed by atoms with Crippen LogP contribution in [0.3, 0.4) is 0 Å². The van der Waals surface area contributed by atoms with Gasteiger partial charge in [0.25, 0.3) is 10.0 Å². The molecule has 0 radical (unpaired) electrons. The van der Waals surface area contributed by atoms with Crippen LogP contribution in [0.15, 0.2) is 72.1 Å². The van der Waals surface area contributed by atoms with Gasteiger partial charge in [0.15, 0.2) is 0 Å². The summed E-state index contributed by atoms with van der Waals surface area (Å²) >= 11 is 0. The number of benzene rings is 2. The van der Waals surface area contributed by atoms with Crippen LogP contribution in [0.2, 0.25) is 0 Å². The van der Waals surface area contributed by atoms with E-state index >= 15 is 0 Å². The third kappa shape index (κ3) is 3.25. The first-order chi connectivity index (χ1) is 10.1. The van der Waals surface area contributed by atoms with Crippen LogP contribution in [-0.2, 0) is 10.0 Å². The molecule has 0 unspecified atom stereocenters. The fourth-order valence-electron chi connectivity index (χ4n) is 1.93. The van der Waals surface area contributed by atoms with Crippen molar-refractivity contribution in [2.24, 2.45) is 0 Å². The predicted molar refractivity (Wildman–Crippen MR) is 84.2 cm³/mol. The van der Waals surface area contributed by atoms with Crippen LogP contribution in [0.4, 0.5) is 5.69 Å². The summed E-state index contributed by atoms with van der Waals surface area (Å²) in [6.45, 7) is 3.84. The van der Waals surface area contributed by atoms with E-state index in [1.54, 1.807) is 42.5 Å². The van der Waals surface area contributed by atoms with Gasteiger partial charge in [-0.1, -0.05) is 24.3 Å². The minimum absolute atomic E-state index is 0.207. The van der Waals surface area contributed by atoms with Gasteiger partial charge in [-0.2, -0.15) is 0 Å². The largest absolute Gasteiger partial charge is 0.497 e. The maximum atomic E-state index is 12.8. The van der Waals surface area contributed by atoms with Crippen LogP contribution in [-0.4, -0.2) is 22.1 Å². The molecule has 0 spiro atoms. The van der Waals surface area contributed by atoms with Crippen LogP contribution in [0, 0.1) is 0 Å². The van der Waals surface area contributed by atoms with Crippen molar-refractivity contribution in [3.05, 3.63) is 67.3 Å². The number of hydrogen-bond acceptors (Lipinski definition) is 3. The molecule has 0 atom stereocenters. The number of ether oxygens (including phenoxy) is 1. The van der Waals surface area contributed by atoms with Gasteiger partial charge in [0.1, 0.15) is 5.75 Å².